The molecule has 0 radical (unpaired) electrons. The Morgan fingerprint density at radius 2 is 2.08 bits per heavy atom. The molecule has 13 heavy (non-hydrogen) atoms. The topological polar surface area (TPSA) is 31.4 Å². The van der Waals surface area contributed by atoms with Crippen LogP contribution < -0.4 is 9.47 Å². The maximum Gasteiger partial charge on any atom is 0.586 e. The lowest BCUT2D eigenvalue weighted by atomic mass is 10.3. The molecule has 3 nitrogen and oxygen atoms in total. The number of ether oxygens (including phenoxy) is 2. The van der Waals surface area contributed by atoms with Crippen molar-refractivity contribution in [3.63, 3.8) is 0 Å². The minimum absolute atomic E-state index is 0.0119. The smallest absolute Gasteiger partial charge is 0.395 e. The third-order valence-corrected chi connectivity index (χ3v) is 1.71. The van der Waals surface area contributed by atoms with Crippen LogP contribution in [0, 0.1) is 0 Å². The summed E-state index contributed by atoms with van der Waals surface area (Å²) in [7, 11) is 0. The van der Waals surface area contributed by atoms with Gasteiger partial charge in [0.2, 0.25) is 0 Å². The zero-order valence-electron chi connectivity index (χ0n) is 6.88. The monoisotopic (exact) mass is 187 g/mol. The Bertz CT molecular complexity index is 341. The number of halogens is 2. The first-order valence-electron chi connectivity index (χ1n) is 3.85. The van der Waals surface area contributed by atoms with Gasteiger partial charge in [-0.1, -0.05) is 6.92 Å². The van der Waals surface area contributed by atoms with Crippen LogP contribution in [-0.2, 0) is 6.42 Å². The minimum Gasteiger partial charge on any atom is -0.395 e. The maximum absolute atomic E-state index is 12.5. The maximum atomic E-state index is 12.5. The Labute approximate surface area is 73.3 Å². The molecule has 70 valence electrons. The van der Waals surface area contributed by atoms with Gasteiger partial charge in [-0.25, -0.2) is 0 Å². The lowest BCUT2D eigenvalue weighted by Gasteiger charge is -2.04. The van der Waals surface area contributed by atoms with Crippen molar-refractivity contribution in [1.29, 1.82) is 0 Å². The predicted octanol–water partition coefficient (Wildman–Crippen LogP) is 1.97. The third-order valence-electron chi connectivity index (χ3n) is 1.71. The highest BCUT2D eigenvalue weighted by molar-refractivity contribution is 5.41. The molecule has 1 aliphatic rings. The van der Waals surface area contributed by atoms with Gasteiger partial charge in [-0.3, -0.25) is 4.98 Å². The van der Waals surface area contributed by atoms with Gasteiger partial charge in [0.25, 0.3) is 0 Å². The standard InChI is InChI=1S/C8H7F2NO2/c1-2-5-3-6-7(4-11-5)13-8(9,10)12-6/h3-4H,2H2,1H3. The van der Waals surface area contributed by atoms with Crippen LogP contribution in [0.5, 0.6) is 11.5 Å². The van der Waals surface area contributed by atoms with Crippen LogP contribution >= 0.6 is 0 Å². The number of hydrogen-bond acceptors (Lipinski definition) is 3. The molecular weight excluding hydrogens is 180 g/mol. The fourth-order valence-corrected chi connectivity index (χ4v) is 1.09. The van der Waals surface area contributed by atoms with Gasteiger partial charge in [-0.15, -0.1) is 8.78 Å². The molecular formula is C8H7F2NO2. The van der Waals surface area contributed by atoms with Gasteiger partial charge in [0.15, 0.2) is 11.5 Å². The number of rotatable bonds is 1. The van der Waals surface area contributed by atoms with E-state index in [0.29, 0.717) is 12.1 Å². The van der Waals surface area contributed by atoms with Gasteiger partial charge < -0.3 is 9.47 Å². The van der Waals surface area contributed by atoms with Crippen molar-refractivity contribution in [2.75, 3.05) is 0 Å². The normalized spacial score (nSPS) is 17.5. The van der Waals surface area contributed by atoms with Crippen molar-refractivity contribution in [2.24, 2.45) is 0 Å². The number of hydrogen-bond donors (Lipinski definition) is 0. The molecule has 0 atom stereocenters. The minimum atomic E-state index is -3.55. The fourth-order valence-electron chi connectivity index (χ4n) is 1.09. The van der Waals surface area contributed by atoms with E-state index < -0.39 is 6.29 Å². The molecule has 0 fully saturated rings. The van der Waals surface area contributed by atoms with E-state index in [0.717, 1.165) is 0 Å². The van der Waals surface area contributed by atoms with Crippen molar-refractivity contribution in [1.82, 2.24) is 4.98 Å². The first-order chi connectivity index (χ1) is 6.11. The van der Waals surface area contributed by atoms with E-state index in [1.165, 1.54) is 12.3 Å². The second-order valence-electron chi connectivity index (χ2n) is 2.64. The number of fused-ring (bicyclic) bond motifs is 1. The SMILES string of the molecule is CCc1cc2c(cn1)OC(F)(F)O2. The van der Waals surface area contributed by atoms with Crippen LogP contribution in [-0.4, -0.2) is 11.3 Å². The van der Waals surface area contributed by atoms with Gasteiger partial charge in [0.1, 0.15) is 0 Å². The molecule has 1 aromatic heterocycles. The molecule has 0 aliphatic carbocycles. The van der Waals surface area contributed by atoms with Gasteiger partial charge in [-0.2, -0.15) is 0 Å². The van der Waals surface area contributed by atoms with Gasteiger partial charge >= 0.3 is 6.29 Å². The molecule has 0 spiro atoms. The summed E-state index contributed by atoms with van der Waals surface area (Å²) in [5, 5.41) is 0. The molecule has 2 rings (SSSR count). The number of alkyl halides is 2. The zero-order chi connectivity index (χ0) is 9.47. The molecule has 0 amide bonds. The molecule has 0 bridgehead atoms. The van der Waals surface area contributed by atoms with Crippen LogP contribution in [0.4, 0.5) is 8.78 Å². The number of aromatic nitrogens is 1. The van der Waals surface area contributed by atoms with Crippen molar-refractivity contribution in [2.45, 2.75) is 19.6 Å². The van der Waals surface area contributed by atoms with E-state index in [1.54, 1.807) is 0 Å². The van der Waals surface area contributed by atoms with Crippen molar-refractivity contribution >= 4 is 0 Å². The molecule has 0 unspecified atom stereocenters. The van der Waals surface area contributed by atoms with E-state index in [-0.39, 0.29) is 11.5 Å². The molecule has 2 heterocycles. The van der Waals surface area contributed by atoms with Gasteiger partial charge in [0, 0.05) is 11.8 Å². The van der Waals surface area contributed by atoms with Crippen LogP contribution in [0.2, 0.25) is 0 Å². The first kappa shape index (κ1) is 8.22. The average Bonchev–Trinajstić information content (AvgIpc) is 2.36. The average molecular weight is 187 g/mol. The summed E-state index contributed by atoms with van der Waals surface area (Å²) < 4.78 is 33.4. The first-order valence-corrected chi connectivity index (χ1v) is 3.85. The summed E-state index contributed by atoms with van der Waals surface area (Å²) in [6.45, 7) is 1.88. The van der Waals surface area contributed by atoms with Crippen LogP contribution in [0.25, 0.3) is 0 Å². The van der Waals surface area contributed by atoms with Crippen LogP contribution in [0.1, 0.15) is 12.6 Å². The third kappa shape index (κ3) is 1.41. The number of aryl methyl sites for hydroxylation is 1. The molecule has 0 N–H and O–H groups in total. The highest BCUT2D eigenvalue weighted by Crippen LogP contribution is 2.40. The van der Waals surface area contributed by atoms with Gasteiger partial charge in [-0.05, 0) is 6.42 Å². The summed E-state index contributed by atoms with van der Waals surface area (Å²) in [4.78, 5) is 3.90. The van der Waals surface area contributed by atoms with Crippen molar-refractivity contribution in [3.05, 3.63) is 18.0 Å². The number of pyridine rings is 1. The lowest BCUT2D eigenvalue weighted by molar-refractivity contribution is -0.286. The van der Waals surface area contributed by atoms with Crippen molar-refractivity contribution < 1.29 is 18.3 Å². The summed E-state index contributed by atoms with van der Waals surface area (Å²) in [5.74, 6) is 0.0408. The second-order valence-corrected chi connectivity index (χ2v) is 2.64. The number of nitrogens with zero attached hydrogens (tertiary/aromatic N) is 1. The Kier molecular flexibility index (Phi) is 1.61. The Morgan fingerprint density at radius 3 is 2.77 bits per heavy atom. The Morgan fingerprint density at radius 1 is 1.38 bits per heavy atom. The summed E-state index contributed by atoms with van der Waals surface area (Å²) in [6.07, 6.45) is -1.63. The second kappa shape index (κ2) is 2.55. The molecule has 0 saturated carbocycles. The fraction of sp³-hybridized carbons (Fsp3) is 0.375. The Balaban J connectivity index is 2.36. The van der Waals surface area contributed by atoms with E-state index in [9.17, 15) is 8.78 Å². The van der Waals surface area contributed by atoms with Crippen LogP contribution in [0.3, 0.4) is 0 Å². The van der Waals surface area contributed by atoms with Gasteiger partial charge in [0.05, 0.1) is 6.20 Å². The summed E-state index contributed by atoms with van der Waals surface area (Å²) in [5.41, 5.74) is 0.694. The van der Waals surface area contributed by atoms with Crippen molar-refractivity contribution in [3.8, 4) is 11.5 Å². The highest BCUT2D eigenvalue weighted by atomic mass is 19.3. The molecule has 1 aromatic rings. The lowest BCUT2D eigenvalue weighted by Crippen LogP contribution is -2.25. The van der Waals surface area contributed by atoms with E-state index in [2.05, 4.69) is 14.5 Å². The summed E-state index contributed by atoms with van der Waals surface area (Å²) in [6, 6.07) is 1.45. The van der Waals surface area contributed by atoms with E-state index in [1.807, 2.05) is 6.92 Å². The quantitative estimate of drug-likeness (QED) is 0.673. The highest BCUT2D eigenvalue weighted by Gasteiger charge is 2.43. The predicted molar refractivity (Wildman–Crippen MR) is 39.8 cm³/mol. The largest absolute Gasteiger partial charge is 0.586 e. The summed E-state index contributed by atoms with van der Waals surface area (Å²) >= 11 is 0. The van der Waals surface area contributed by atoms with E-state index in [4.69, 9.17) is 0 Å². The molecule has 1 aliphatic heterocycles. The Hall–Kier alpha value is -1.39. The van der Waals surface area contributed by atoms with E-state index >= 15 is 0 Å². The van der Waals surface area contributed by atoms with Crippen LogP contribution in [0.15, 0.2) is 12.3 Å². The molecule has 0 aromatic carbocycles. The molecule has 5 heteroatoms. The molecule has 0 saturated heterocycles. The zero-order valence-corrected chi connectivity index (χ0v) is 6.88.